The average Bonchev–Trinajstić information content (AvgIpc) is 3.15. The van der Waals surface area contributed by atoms with Gasteiger partial charge in [0.25, 0.3) is 0 Å². The van der Waals surface area contributed by atoms with Crippen molar-refractivity contribution in [1.82, 2.24) is 29.9 Å². The summed E-state index contributed by atoms with van der Waals surface area (Å²) in [6.45, 7) is 0. The normalized spacial score (nSPS) is 9.40. The van der Waals surface area contributed by atoms with Crippen molar-refractivity contribution in [1.29, 1.82) is 52.6 Å². The SMILES string of the molecule is N#CC(C#N)=c1c(F)c(F)c(=C(C#N)C#N)c(F)c1F.N#Cc1nc2c3nc(C#N)c(C#N)nc3c3nc(C#N)c(C#N)nc3c2nc1C#N. The molecule has 0 aliphatic heterocycles. The van der Waals surface area contributed by atoms with Crippen LogP contribution < -0.4 is 10.4 Å². The molecule has 0 spiro atoms. The minimum Gasteiger partial charge on any atom is -0.230 e. The molecule has 0 bridgehead atoms. The Morgan fingerprint density at radius 2 is 0.480 bits per heavy atom. The zero-order valence-corrected chi connectivity index (χ0v) is 23.7. The molecule has 3 aromatic heterocycles. The van der Waals surface area contributed by atoms with Gasteiger partial charge in [-0.15, -0.1) is 0 Å². The average molecular weight is 660 g/mol. The maximum Gasteiger partial charge on any atom is 0.177 e. The number of halogens is 4. The van der Waals surface area contributed by atoms with Crippen molar-refractivity contribution in [3.05, 3.63) is 67.9 Å². The molecule has 0 saturated heterocycles. The summed E-state index contributed by atoms with van der Waals surface area (Å²) >= 11 is 0. The van der Waals surface area contributed by atoms with Gasteiger partial charge >= 0.3 is 0 Å². The predicted octanol–water partition coefficient (Wildman–Crippen LogP) is 1.39. The van der Waals surface area contributed by atoms with E-state index in [1.807, 2.05) is 0 Å². The van der Waals surface area contributed by atoms with E-state index in [0.29, 0.717) is 0 Å². The zero-order chi connectivity index (χ0) is 36.9. The van der Waals surface area contributed by atoms with Crippen molar-refractivity contribution in [2.24, 2.45) is 0 Å². The van der Waals surface area contributed by atoms with Crippen LogP contribution >= 0.6 is 0 Å². The molecule has 0 saturated carbocycles. The summed E-state index contributed by atoms with van der Waals surface area (Å²) in [5.41, 5.74) is -4.27. The van der Waals surface area contributed by atoms with Gasteiger partial charge in [-0.2, -0.15) is 52.6 Å². The molecular weight excluding hydrogens is 660 g/mol. The van der Waals surface area contributed by atoms with E-state index < -0.39 is 44.9 Å². The monoisotopic (exact) mass is 660 g/mol. The van der Waals surface area contributed by atoms with Gasteiger partial charge in [0, 0.05) is 0 Å². The summed E-state index contributed by atoms with van der Waals surface area (Å²) in [5, 5.41) is 86.7. The fourth-order valence-electron chi connectivity index (χ4n) is 4.11. The Balaban J connectivity index is 0.000000246. The molecule has 0 N–H and O–H groups in total. The van der Waals surface area contributed by atoms with E-state index in [-0.39, 0.29) is 67.3 Å². The Bertz CT molecular complexity index is 2490. The fourth-order valence-corrected chi connectivity index (χ4v) is 4.11. The second-order valence-corrected chi connectivity index (χ2v) is 8.73. The summed E-state index contributed by atoms with van der Waals surface area (Å²) in [7, 11) is 0. The highest BCUT2D eigenvalue weighted by molar-refractivity contribution is 6.18. The fraction of sp³-hybridized carbons (Fsp3) is 0. The number of fused-ring (bicyclic) bond motifs is 6. The molecule has 2 aromatic carbocycles. The van der Waals surface area contributed by atoms with Crippen LogP contribution in [-0.4, -0.2) is 29.9 Å². The lowest BCUT2D eigenvalue weighted by Crippen LogP contribution is -2.31. The van der Waals surface area contributed by atoms with Gasteiger partial charge in [0.15, 0.2) is 57.4 Å². The third-order valence-electron chi connectivity index (χ3n) is 6.21. The standard InChI is InChI=1S/C18N12.C12F4N4/c19-1-7-8(2-20)26-14-13(25-7)15-17(29-10(4-22)9(3-21)27-15)18-16(14)28-11(5-23)12(6-24)30-18;13-9-7(5(1-17)2-18)10(14)12(16)8(11(9)15)6(3-19)4-20. The van der Waals surface area contributed by atoms with E-state index in [9.17, 15) is 49.1 Å². The van der Waals surface area contributed by atoms with Crippen LogP contribution in [0.1, 0.15) is 34.2 Å². The lowest BCUT2D eigenvalue weighted by Gasteiger charge is -2.09. The number of benzene rings is 2. The van der Waals surface area contributed by atoms with Crippen molar-refractivity contribution in [3.63, 3.8) is 0 Å². The highest BCUT2D eigenvalue weighted by Gasteiger charge is 2.24. The number of hydrogen-bond acceptors (Lipinski definition) is 16. The maximum atomic E-state index is 13.6. The van der Waals surface area contributed by atoms with Gasteiger partial charge in [0.05, 0.1) is 10.4 Å². The summed E-state index contributed by atoms with van der Waals surface area (Å²) < 4.78 is 54.5. The Hall–Kier alpha value is -9.18. The minimum absolute atomic E-state index is 0.0237. The van der Waals surface area contributed by atoms with Gasteiger partial charge in [0.2, 0.25) is 0 Å². The Kier molecular flexibility index (Phi) is 9.06. The summed E-state index contributed by atoms with van der Waals surface area (Å²) in [6, 6.07) is 14.8. The van der Waals surface area contributed by atoms with Gasteiger partial charge < -0.3 is 0 Å². The van der Waals surface area contributed by atoms with Crippen LogP contribution in [0.2, 0.25) is 0 Å². The molecule has 228 valence electrons. The summed E-state index contributed by atoms with van der Waals surface area (Å²) in [4.78, 5) is 24.7. The molecule has 0 atom stereocenters. The van der Waals surface area contributed by atoms with Crippen LogP contribution in [0.25, 0.3) is 44.2 Å². The number of rotatable bonds is 0. The van der Waals surface area contributed by atoms with Crippen molar-refractivity contribution >= 4 is 44.2 Å². The van der Waals surface area contributed by atoms with E-state index in [1.54, 1.807) is 36.4 Å². The van der Waals surface area contributed by atoms with Crippen LogP contribution in [0.3, 0.4) is 0 Å². The number of hydrogen-bond donors (Lipinski definition) is 0. The van der Waals surface area contributed by atoms with Crippen molar-refractivity contribution in [3.8, 4) is 60.7 Å². The van der Waals surface area contributed by atoms with Crippen LogP contribution in [0.5, 0.6) is 0 Å². The number of nitrogens with zero attached hydrogens (tertiary/aromatic N) is 16. The molecule has 50 heavy (non-hydrogen) atoms. The van der Waals surface area contributed by atoms with E-state index in [0.717, 1.165) is 24.3 Å². The molecule has 16 nitrogen and oxygen atoms in total. The van der Waals surface area contributed by atoms with Crippen molar-refractivity contribution < 1.29 is 17.6 Å². The van der Waals surface area contributed by atoms with Crippen LogP contribution in [0.15, 0.2) is 0 Å². The van der Waals surface area contributed by atoms with Gasteiger partial charge in [-0.25, -0.2) is 47.5 Å². The van der Waals surface area contributed by atoms with Crippen molar-refractivity contribution in [2.75, 3.05) is 0 Å². The van der Waals surface area contributed by atoms with E-state index in [4.69, 9.17) is 21.0 Å². The number of nitriles is 10. The van der Waals surface area contributed by atoms with Gasteiger partial charge in [-0.1, -0.05) is 0 Å². The van der Waals surface area contributed by atoms with Crippen LogP contribution in [0.4, 0.5) is 17.6 Å². The number of aromatic nitrogens is 6. The highest BCUT2D eigenvalue weighted by atomic mass is 19.2. The molecule has 0 aliphatic rings. The molecule has 0 radical (unpaired) electrons. The molecule has 5 rings (SSSR count). The first kappa shape index (κ1) is 33.7. The third kappa shape index (κ3) is 5.25. The molecule has 5 aromatic rings. The van der Waals surface area contributed by atoms with E-state index in [1.165, 1.54) is 0 Å². The molecule has 0 unspecified atom stereocenters. The summed E-state index contributed by atoms with van der Waals surface area (Å²) in [6.07, 6.45) is 0. The lowest BCUT2D eigenvalue weighted by molar-refractivity contribution is 0.434. The molecule has 20 heteroatoms. The molecular formula is C30F4N16. The first-order valence-electron chi connectivity index (χ1n) is 12.4. The quantitative estimate of drug-likeness (QED) is 0.129. The second kappa shape index (κ2) is 13.4. The lowest BCUT2D eigenvalue weighted by atomic mass is 10.1. The minimum atomic E-state index is -2.03. The highest BCUT2D eigenvalue weighted by Crippen LogP contribution is 2.31. The largest absolute Gasteiger partial charge is 0.230 e. The van der Waals surface area contributed by atoms with Crippen molar-refractivity contribution in [2.45, 2.75) is 0 Å². The Morgan fingerprint density at radius 1 is 0.320 bits per heavy atom. The zero-order valence-electron chi connectivity index (χ0n) is 23.7. The van der Waals surface area contributed by atoms with Gasteiger partial charge in [-0.05, 0) is 0 Å². The topological polar surface area (TPSA) is 315 Å². The molecule has 3 heterocycles. The predicted molar refractivity (Wildman–Crippen MR) is 149 cm³/mol. The summed E-state index contributed by atoms with van der Waals surface area (Å²) in [5.74, 6) is -8.11. The van der Waals surface area contributed by atoms with Crippen LogP contribution in [-0.2, 0) is 0 Å². The molecule has 0 fully saturated rings. The Morgan fingerprint density at radius 3 is 0.600 bits per heavy atom. The second-order valence-electron chi connectivity index (χ2n) is 8.73. The molecule has 0 aliphatic carbocycles. The van der Waals surface area contributed by atoms with Gasteiger partial charge in [0.1, 0.15) is 105 Å². The third-order valence-corrected chi connectivity index (χ3v) is 6.21. The van der Waals surface area contributed by atoms with E-state index in [2.05, 4.69) is 29.9 Å². The molecule has 0 amide bonds. The smallest absolute Gasteiger partial charge is 0.177 e. The van der Waals surface area contributed by atoms with E-state index >= 15 is 0 Å². The Labute approximate surface area is 272 Å². The van der Waals surface area contributed by atoms with Gasteiger partial charge in [-0.3, -0.25) is 0 Å². The first-order chi connectivity index (χ1) is 24.0. The first-order valence-corrected chi connectivity index (χ1v) is 12.4. The van der Waals surface area contributed by atoms with Crippen LogP contribution in [0, 0.1) is 137 Å². The maximum absolute atomic E-state index is 13.6.